The summed E-state index contributed by atoms with van der Waals surface area (Å²) < 4.78 is 0. The number of hydrogen-bond acceptors (Lipinski definition) is 5. The summed E-state index contributed by atoms with van der Waals surface area (Å²) in [6, 6.07) is 13.4. The van der Waals surface area contributed by atoms with Crippen molar-refractivity contribution in [3.63, 3.8) is 0 Å². The van der Waals surface area contributed by atoms with Gasteiger partial charge in [-0.15, -0.1) is 0 Å². The third kappa shape index (κ3) is 5.38. The van der Waals surface area contributed by atoms with Gasteiger partial charge in [-0.3, -0.25) is 0 Å². The fourth-order valence-electron chi connectivity index (χ4n) is 2.37. The highest BCUT2D eigenvalue weighted by Crippen LogP contribution is 2.13. The van der Waals surface area contributed by atoms with Crippen LogP contribution in [-0.2, 0) is 6.54 Å². The van der Waals surface area contributed by atoms with Crippen molar-refractivity contribution in [2.24, 2.45) is 0 Å². The highest BCUT2D eigenvalue weighted by molar-refractivity contribution is 5.73. The van der Waals surface area contributed by atoms with Gasteiger partial charge in [-0.25, -0.2) is 9.78 Å². The third-order valence-corrected chi connectivity index (χ3v) is 3.84. The van der Waals surface area contributed by atoms with Gasteiger partial charge in [0.15, 0.2) is 0 Å². The molecule has 0 aliphatic carbocycles. The van der Waals surface area contributed by atoms with Gasteiger partial charge in [0.1, 0.15) is 11.9 Å². The van der Waals surface area contributed by atoms with Crippen molar-refractivity contribution in [3.05, 3.63) is 53.7 Å². The Labute approximate surface area is 154 Å². The quantitative estimate of drug-likeness (QED) is 0.747. The second kappa shape index (κ2) is 9.28. The van der Waals surface area contributed by atoms with Crippen LogP contribution in [0.15, 0.2) is 42.6 Å². The molecule has 1 aromatic heterocycles. The lowest BCUT2D eigenvalue weighted by atomic mass is 10.2. The van der Waals surface area contributed by atoms with Gasteiger partial charge in [0.05, 0.1) is 5.56 Å². The first-order valence-corrected chi connectivity index (χ1v) is 8.35. The van der Waals surface area contributed by atoms with Crippen LogP contribution in [0.25, 0.3) is 0 Å². The lowest BCUT2D eigenvalue weighted by Crippen LogP contribution is -2.39. The van der Waals surface area contributed by atoms with Gasteiger partial charge in [0.25, 0.3) is 0 Å². The van der Waals surface area contributed by atoms with Gasteiger partial charge >= 0.3 is 6.03 Å². The van der Waals surface area contributed by atoms with E-state index < -0.39 is 0 Å². The molecule has 0 saturated carbocycles. The molecule has 0 aliphatic heterocycles. The molecule has 2 N–H and O–H groups in total. The molecule has 0 unspecified atom stereocenters. The molecule has 0 bridgehead atoms. The first kappa shape index (κ1) is 19.1. The number of benzene rings is 1. The number of nitrogens with zero attached hydrogens (tertiary/aromatic N) is 4. The molecule has 2 rings (SSSR count). The number of anilines is 2. The van der Waals surface area contributed by atoms with Gasteiger partial charge in [0, 0.05) is 52.7 Å². The van der Waals surface area contributed by atoms with Crippen molar-refractivity contribution < 1.29 is 4.79 Å². The Morgan fingerprint density at radius 2 is 1.88 bits per heavy atom. The predicted molar refractivity (Wildman–Crippen MR) is 103 cm³/mol. The second-order valence-corrected chi connectivity index (χ2v) is 6.09. The van der Waals surface area contributed by atoms with Crippen molar-refractivity contribution in [2.75, 3.05) is 44.4 Å². The fourth-order valence-corrected chi connectivity index (χ4v) is 2.37. The Bertz CT molecular complexity index is 766. The molecule has 1 aromatic carbocycles. The summed E-state index contributed by atoms with van der Waals surface area (Å²) in [5, 5.41) is 14.9. The van der Waals surface area contributed by atoms with Crippen LogP contribution in [0.4, 0.5) is 16.3 Å². The number of rotatable bonds is 7. The van der Waals surface area contributed by atoms with Crippen molar-refractivity contribution >= 4 is 17.5 Å². The van der Waals surface area contributed by atoms with Gasteiger partial charge < -0.3 is 20.4 Å². The SMILES string of the molecule is CN(Cc1ccc(N(C)C)cc1)C(=O)NCCNc1ncccc1C#N. The molecular formula is C19H24N6O. The van der Waals surface area contributed by atoms with Crippen LogP contribution in [0, 0.1) is 11.3 Å². The smallest absolute Gasteiger partial charge is 0.317 e. The summed E-state index contributed by atoms with van der Waals surface area (Å²) in [6.07, 6.45) is 1.62. The number of carbonyl (C=O) groups is 1. The van der Waals surface area contributed by atoms with Crippen molar-refractivity contribution in [2.45, 2.75) is 6.54 Å². The number of carbonyl (C=O) groups excluding carboxylic acids is 1. The molecule has 26 heavy (non-hydrogen) atoms. The monoisotopic (exact) mass is 352 g/mol. The zero-order valence-electron chi connectivity index (χ0n) is 15.4. The maximum atomic E-state index is 12.2. The first-order valence-electron chi connectivity index (χ1n) is 8.35. The number of nitriles is 1. The summed E-state index contributed by atoms with van der Waals surface area (Å²) in [5.74, 6) is 0.526. The third-order valence-electron chi connectivity index (χ3n) is 3.84. The summed E-state index contributed by atoms with van der Waals surface area (Å²) in [6.45, 7) is 1.46. The first-order chi connectivity index (χ1) is 12.5. The minimum Gasteiger partial charge on any atom is -0.378 e. The Kier molecular flexibility index (Phi) is 6.80. The zero-order valence-corrected chi connectivity index (χ0v) is 15.4. The van der Waals surface area contributed by atoms with E-state index in [1.165, 1.54) is 0 Å². The van der Waals surface area contributed by atoms with Crippen molar-refractivity contribution in [3.8, 4) is 6.07 Å². The van der Waals surface area contributed by atoms with Crippen LogP contribution < -0.4 is 15.5 Å². The number of nitrogens with one attached hydrogen (secondary N) is 2. The molecule has 0 radical (unpaired) electrons. The summed E-state index contributed by atoms with van der Waals surface area (Å²) in [4.78, 5) is 19.9. The van der Waals surface area contributed by atoms with Crippen LogP contribution in [-0.4, -0.2) is 50.1 Å². The lowest BCUT2D eigenvalue weighted by molar-refractivity contribution is 0.207. The average Bonchev–Trinajstić information content (AvgIpc) is 2.65. The van der Waals surface area contributed by atoms with Gasteiger partial charge in [-0.2, -0.15) is 5.26 Å². The molecule has 2 amide bonds. The second-order valence-electron chi connectivity index (χ2n) is 6.09. The van der Waals surface area contributed by atoms with E-state index in [0.717, 1.165) is 11.3 Å². The minimum atomic E-state index is -0.148. The van der Waals surface area contributed by atoms with Gasteiger partial charge in [-0.1, -0.05) is 12.1 Å². The minimum absolute atomic E-state index is 0.148. The molecular weight excluding hydrogens is 328 g/mol. The molecule has 0 aliphatic rings. The molecule has 0 saturated heterocycles. The molecule has 0 spiro atoms. The highest BCUT2D eigenvalue weighted by atomic mass is 16.2. The Hall–Kier alpha value is -3.27. The summed E-state index contributed by atoms with van der Waals surface area (Å²) in [5.41, 5.74) is 2.67. The van der Waals surface area contributed by atoms with Crippen LogP contribution >= 0.6 is 0 Å². The van der Waals surface area contributed by atoms with Crippen LogP contribution in [0.2, 0.25) is 0 Å². The van der Waals surface area contributed by atoms with E-state index in [-0.39, 0.29) is 6.03 Å². The van der Waals surface area contributed by atoms with E-state index in [2.05, 4.69) is 21.7 Å². The average molecular weight is 352 g/mol. The molecule has 0 atom stereocenters. The topological polar surface area (TPSA) is 84.3 Å². The molecule has 7 heteroatoms. The normalized spacial score (nSPS) is 9.92. The number of urea groups is 1. The van der Waals surface area contributed by atoms with E-state index >= 15 is 0 Å². The molecule has 1 heterocycles. The maximum absolute atomic E-state index is 12.2. The number of pyridine rings is 1. The molecule has 7 nitrogen and oxygen atoms in total. The predicted octanol–water partition coefficient (Wildman–Crippen LogP) is 2.27. The van der Waals surface area contributed by atoms with Crippen molar-refractivity contribution in [1.82, 2.24) is 15.2 Å². The van der Waals surface area contributed by atoms with Crippen LogP contribution in [0.3, 0.4) is 0 Å². The Balaban J connectivity index is 1.76. The Morgan fingerprint density at radius 3 is 2.54 bits per heavy atom. The van der Waals surface area contributed by atoms with Crippen molar-refractivity contribution in [1.29, 1.82) is 5.26 Å². The summed E-state index contributed by atoms with van der Waals surface area (Å²) in [7, 11) is 5.75. The molecule has 0 fully saturated rings. The van der Waals surface area contributed by atoms with Gasteiger partial charge in [0.2, 0.25) is 0 Å². The number of amides is 2. The van der Waals surface area contributed by atoms with E-state index in [1.807, 2.05) is 43.3 Å². The maximum Gasteiger partial charge on any atom is 0.317 e. The highest BCUT2D eigenvalue weighted by Gasteiger charge is 2.09. The number of aromatic nitrogens is 1. The van der Waals surface area contributed by atoms with E-state index in [4.69, 9.17) is 5.26 Å². The largest absolute Gasteiger partial charge is 0.378 e. The Morgan fingerprint density at radius 1 is 1.15 bits per heavy atom. The van der Waals surface area contributed by atoms with Gasteiger partial charge in [-0.05, 0) is 29.8 Å². The van der Waals surface area contributed by atoms with Crippen LogP contribution in [0.1, 0.15) is 11.1 Å². The molecule has 136 valence electrons. The summed E-state index contributed by atoms with van der Waals surface area (Å²) >= 11 is 0. The lowest BCUT2D eigenvalue weighted by Gasteiger charge is -2.19. The van der Waals surface area contributed by atoms with E-state index in [9.17, 15) is 4.79 Å². The molecule has 2 aromatic rings. The van der Waals surface area contributed by atoms with E-state index in [1.54, 1.807) is 30.3 Å². The van der Waals surface area contributed by atoms with Crippen LogP contribution in [0.5, 0.6) is 0 Å². The fraction of sp³-hybridized carbons (Fsp3) is 0.316. The van der Waals surface area contributed by atoms with E-state index in [0.29, 0.717) is 31.0 Å². The standard InChI is InChI=1S/C19H24N6O/c1-24(2)17-8-6-15(7-9-17)14-25(3)19(26)23-12-11-22-18-16(13-20)5-4-10-21-18/h4-10H,11-12,14H2,1-3H3,(H,21,22)(H,23,26). The number of hydrogen-bond donors (Lipinski definition) is 2. The zero-order chi connectivity index (χ0) is 18.9.